The molecule has 126 valence electrons. The maximum Gasteiger partial charge on any atom is 0.315 e. The third-order valence-corrected chi connectivity index (χ3v) is 3.36. The molecule has 7 heteroatoms. The molecule has 1 heterocycles. The second-order valence-corrected chi connectivity index (χ2v) is 7.12. The Kier molecular flexibility index (Phi) is 5.79. The summed E-state index contributed by atoms with van der Waals surface area (Å²) in [6, 6.07) is -1.16. The van der Waals surface area contributed by atoms with Gasteiger partial charge in [-0.15, -0.1) is 0 Å². The van der Waals surface area contributed by atoms with Gasteiger partial charge in [-0.1, -0.05) is 0 Å². The van der Waals surface area contributed by atoms with Gasteiger partial charge in [-0.3, -0.25) is 9.59 Å². The molecular weight excluding hydrogens is 284 g/mol. The fraction of sp³-hybridized carbons (Fsp3) is 0.800. The number of likely N-dealkylation sites (tertiary alicyclic amines) is 1. The molecule has 7 nitrogen and oxygen atoms in total. The van der Waals surface area contributed by atoms with Crippen LogP contribution in [0, 0.1) is 0 Å². The summed E-state index contributed by atoms with van der Waals surface area (Å²) in [7, 11) is 0. The lowest BCUT2D eigenvalue weighted by molar-refractivity contribution is -0.129. The van der Waals surface area contributed by atoms with Crippen LogP contribution in [0.25, 0.3) is 0 Å². The van der Waals surface area contributed by atoms with E-state index in [-0.39, 0.29) is 29.4 Å². The zero-order valence-electron chi connectivity index (χ0n) is 14.3. The number of nitrogens with one attached hydrogen (secondary N) is 3. The quantitative estimate of drug-likeness (QED) is 0.710. The standard InChI is InChI=1S/C15H28N4O3/c1-9(2)19-8-11(7-12(19)20)17-14(22)16-10(3)13(21)18-15(4,5)6/h9-11H,7-8H2,1-6H3,(H,18,21)(H2,16,17,22)/t10-,11+/m1/s1. The lowest BCUT2D eigenvalue weighted by Gasteiger charge is -2.24. The molecule has 0 aliphatic carbocycles. The van der Waals surface area contributed by atoms with E-state index < -0.39 is 12.1 Å². The first kappa shape index (κ1) is 18.3. The number of hydrogen-bond acceptors (Lipinski definition) is 3. The molecule has 1 aliphatic heterocycles. The molecule has 22 heavy (non-hydrogen) atoms. The van der Waals surface area contributed by atoms with Crippen molar-refractivity contribution in [2.45, 2.75) is 71.6 Å². The average Bonchev–Trinajstić information content (AvgIpc) is 2.67. The largest absolute Gasteiger partial charge is 0.350 e. The van der Waals surface area contributed by atoms with E-state index >= 15 is 0 Å². The van der Waals surface area contributed by atoms with Gasteiger partial charge in [0.2, 0.25) is 11.8 Å². The van der Waals surface area contributed by atoms with E-state index in [1.54, 1.807) is 11.8 Å². The molecule has 0 radical (unpaired) electrons. The Morgan fingerprint density at radius 2 is 1.82 bits per heavy atom. The highest BCUT2D eigenvalue weighted by Gasteiger charge is 2.32. The smallest absolute Gasteiger partial charge is 0.315 e. The van der Waals surface area contributed by atoms with Crippen molar-refractivity contribution < 1.29 is 14.4 Å². The van der Waals surface area contributed by atoms with Crippen LogP contribution in [0.3, 0.4) is 0 Å². The predicted molar refractivity (Wildman–Crippen MR) is 84.3 cm³/mol. The SMILES string of the molecule is CC(C)N1C[C@@H](NC(=O)N[C@H](C)C(=O)NC(C)(C)C)CC1=O. The highest BCUT2D eigenvalue weighted by Crippen LogP contribution is 2.14. The summed E-state index contributed by atoms with van der Waals surface area (Å²) in [6.45, 7) is 11.7. The first-order valence-electron chi connectivity index (χ1n) is 7.68. The maximum absolute atomic E-state index is 11.9. The lowest BCUT2D eigenvalue weighted by Crippen LogP contribution is -2.54. The van der Waals surface area contributed by atoms with Gasteiger partial charge < -0.3 is 20.9 Å². The zero-order chi connectivity index (χ0) is 17.1. The monoisotopic (exact) mass is 312 g/mol. The minimum absolute atomic E-state index is 0.0406. The molecule has 3 N–H and O–H groups in total. The first-order chi connectivity index (χ1) is 9.99. The highest BCUT2D eigenvalue weighted by molar-refractivity contribution is 5.87. The molecule has 0 saturated carbocycles. The number of hydrogen-bond donors (Lipinski definition) is 3. The van der Waals surface area contributed by atoms with Gasteiger partial charge in [-0.2, -0.15) is 0 Å². The van der Waals surface area contributed by atoms with E-state index in [1.165, 1.54) is 0 Å². The molecule has 2 atom stereocenters. The van der Waals surface area contributed by atoms with E-state index in [2.05, 4.69) is 16.0 Å². The van der Waals surface area contributed by atoms with Crippen LogP contribution in [0.4, 0.5) is 4.79 Å². The van der Waals surface area contributed by atoms with Crippen molar-refractivity contribution >= 4 is 17.8 Å². The summed E-state index contributed by atoms with van der Waals surface area (Å²) in [5.74, 6) is -0.201. The second-order valence-electron chi connectivity index (χ2n) is 7.12. The molecule has 1 rings (SSSR count). The first-order valence-corrected chi connectivity index (χ1v) is 7.68. The van der Waals surface area contributed by atoms with Crippen molar-refractivity contribution in [3.05, 3.63) is 0 Å². The summed E-state index contributed by atoms with van der Waals surface area (Å²) in [5, 5.41) is 8.15. The van der Waals surface area contributed by atoms with Crippen LogP contribution in [0.5, 0.6) is 0 Å². The van der Waals surface area contributed by atoms with E-state index in [1.807, 2.05) is 34.6 Å². The molecule has 0 spiro atoms. The van der Waals surface area contributed by atoms with Crippen molar-refractivity contribution in [1.82, 2.24) is 20.9 Å². The third-order valence-electron chi connectivity index (χ3n) is 3.36. The van der Waals surface area contributed by atoms with E-state index in [9.17, 15) is 14.4 Å². The molecule has 1 aliphatic rings. The summed E-state index contributed by atoms with van der Waals surface area (Å²) in [5.41, 5.74) is -0.348. The number of urea groups is 1. The predicted octanol–water partition coefficient (Wildman–Crippen LogP) is 0.598. The van der Waals surface area contributed by atoms with Crippen molar-refractivity contribution in [3.8, 4) is 0 Å². The van der Waals surface area contributed by atoms with E-state index in [0.717, 1.165) is 0 Å². The Bertz CT molecular complexity index is 443. The van der Waals surface area contributed by atoms with Crippen LogP contribution in [0.15, 0.2) is 0 Å². The molecule has 0 aromatic rings. The van der Waals surface area contributed by atoms with Gasteiger partial charge in [0.1, 0.15) is 6.04 Å². The Morgan fingerprint density at radius 3 is 2.27 bits per heavy atom. The van der Waals surface area contributed by atoms with Crippen molar-refractivity contribution in [2.24, 2.45) is 0 Å². The van der Waals surface area contributed by atoms with Crippen molar-refractivity contribution in [2.75, 3.05) is 6.54 Å². The molecule has 4 amide bonds. The fourth-order valence-electron chi connectivity index (χ4n) is 2.29. The average molecular weight is 312 g/mol. The summed E-state index contributed by atoms with van der Waals surface area (Å²) in [4.78, 5) is 37.4. The minimum atomic E-state index is -0.641. The van der Waals surface area contributed by atoms with Crippen LogP contribution in [0.1, 0.15) is 48.0 Å². The summed E-state index contributed by atoms with van der Waals surface area (Å²) >= 11 is 0. The molecule has 0 aromatic carbocycles. The topological polar surface area (TPSA) is 90.5 Å². The number of amides is 4. The maximum atomic E-state index is 11.9. The molecular formula is C15H28N4O3. The Labute approximate surface area is 132 Å². The highest BCUT2D eigenvalue weighted by atomic mass is 16.2. The summed E-state index contributed by atoms with van der Waals surface area (Å²) < 4.78 is 0. The van der Waals surface area contributed by atoms with Gasteiger partial charge in [0.25, 0.3) is 0 Å². The van der Waals surface area contributed by atoms with Gasteiger partial charge in [-0.05, 0) is 41.5 Å². The van der Waals surface area contributed by atoms with Gasteiger partial charge in [0, 0.05) is 24.5 Å². The Hall–Kier alpha value is -1.79. The van der Waals surface area contributed by atoms with Crippen LogP contribution < -0.4 is 16.0 Å². The van der Waals surface area contributed by atoms with Gasteiger partial charge in [-0.25, -0.2) is 4.79 Å². The van der Waals surface area contributed by atoms with Crippen LogP contribution in [-0.4, -0.2) is 53.0 Å². The van der Waals surface area contributed by atoms with E-state index in [0.29, 0.717) is 13.0 Å². The molecule has 1 saturated heterocycles. The number of carbonyl (C=O) groups excluding carboxylic acids is 3. The van der Waals surface area contributed by atoms with Gasteiger partial charge in [0.15, 0.2) is 0 Å². The molecule has 0 aromatic heterocycles. The van der Waals surface area contributed by atoms with Crippen molar-refractivity contribution in [1.29, 1.82) is 0 Å². The summed E-state index contributed by atoms with van der Waals surface area (Å²) in [6.07, 6.45) is 0.300. The number of carbonyl (C=O) groups is 3. The number of nitrogens with zero attached hydrogens (tertiary/aromatic N) is 1. The second kappa shape index (κ2) is 6.98. The van der Waals surface area contributed by atoms with Crippen molar-refractivity contribution in [3.63, 3.8) is 0 Å². The van der Waals surface area contributed by atoms with Crippen LogP contribution >= 0.6 is 0 Å². The third kappa shape index (κ3) is 5.54. The molecule has 0 unspecified atom stereocenters. The van der Waals surface area contributed by atoms with Crippen LogP contribution in [-0.2, 0) is 9.59 Å². The number of rotatable bonds is 4. The van der Waals surface area contributed by atoms with Gasteiger partial charge in [0.05, 0.1) is 6.04 Å². The Morgan fingerprint density at radius 1 is 1.23 bits per heavy atom. The molecule has 1 fully saturated rings. The zero-order valence-corrected chi connectivity index (χ0v) is 14.3. The Balaban J connectivity index is 2.44. The minimum Gasteiger partial charge on any atom is -0.350 e. The molecule has 0 bridgehead atoms. The fourth-order valence-corrected chi connectivity index (χ4v) is 2.29. The lowest BCUT2D eigenvalue weighted by atomic mass is 10.1. The van der Waals surface area contributed by atoms with Crippen LogP contribution in [0.2, 0.25) is 0 Å². The normalized spacial score (nSPS) is 20.0. The van der Waals surface area contributed by atoms with Gasteiger partial charge >= 0.3 is 6.03 Å². The van der Waals surface area contributed by atoms with E-state index in [4.69, 9.17) is 0 Å².